The molecule has 168 valence electrons. The molecular weight excluding hydrogens is 442 g/mol. The second-order valence-corrected chi connectivity index (χ2v) is 6.49. The first-order chi connectivity index (χ1) is 13.3. The van der Waals surface area contributed by atoms with Gasteiger partial charge >= 0.3 is 24.2 Å². The molecule has 0 saturated carbocycles. The van der Waals surface area contributed by atoms with Gasteiger partial charge in [0.1, 0.15) is 0 Å². The van der Waals surface area contributed by atoms with Crippen LogP contribution in [-0.4, -0.2) is 40.8 Å². The molecule has 1 aromatic rings. The van der Waals surface area contributed by atoms with E-state index in [1.54, 1.807) is 0 Å². The lowest BCUT2D eigenvalue weighted by molar-refractivity contribution is -0.328. The number of alkyl halides is 10. The van der Waals surface area contributed by atoms with Crippen LogP contribution in [0.2, 0.25) is 0 Å². The Morgan fingerprint density at radius 3 is 1.77 bits per heavy atom. The Kier molecular flexibility index (Phi) is 5.35. The maximum Gasteiger partial charge on any atom is 0.461 e. The van der Waals surface area contributed by atoms with Gasteiger partial charge in [-0.2, -0.15) is 43.9 Å². The summed E-state index contributed by atoms with van der Waals surface area (Å²) in [5.41, 5.74) is -7.96. The summed E-state index contributed by atoms with van der Waals surface area (Å²) < 4.78 is 132. The van der Waals surface area contributed by atoms with Gasteiger partial charge in [0.15, 0.2) is 0 Å². The summed E-state index contributed by atoms with van der Waals surface area (Å²) >= 11 is 0. The predicted molar refractivity (Wildman–Crippen MR) is 83.2 cm³/mol. The number of rotatable bonds is 3. The van der Waals surface area contributed by atoms with Gasteiger partial charge in [0.2, 0.25) is 11.5 Å². The molecule has 4 nitrogen and oxygen atoms in total. The summed E-state index contributed by atoms with van der Waals surface area (Å²) in [7, 11) is 0. The van der Waals surface area contributed by atoms with Crippen molar-refractivity contribution >= 4 is 17.2 Å². The molecule has 1 heterocycles. The molecule has 3 N–H and O–H groups in total. The van der Waals surface area contributed by atoms with E-state index in [1.165, 1.54) is 19.2 Å². The number of Topliss-reactive ketones (excluding diaryl/α,β-unsaturated/α-hetero) is 1. The summed E-state index contributed by atoms with van der Waals surface area (Å²) in [6.45, 7) is 2.84. The van der Waals surface area contributed by atoms with Crippen LogP contribution >= 0.6 is 0 Å². The average Bonchev–Trinajstić information content (AvgIpc) is 2.70. The fourth-order valence-corrected chi connectivity index (χ4v) is 2.54. The Labute approximate surface area is 161 Å². The summed E-state index contributed by atoms with van der Waals surface area (Å²) in [5, 5.41) is 13.3. The quantitative estimate of drug-likeness (QED) is 0.581. The molecule has 1 atom stereocenters. The Balaban J connectivity index is 2.80. The van der Waals surface area contributed by atoms with E-state index in [1.807, 2.05) is 5.32 Å². The molecule has 0 aromatic heterocycles. The molecule has 0 bridgehead atoms. The first-order valence-corrected chi connectivity index (χ1v) is 7.80. The number of aliphatic hydroxyl groups is 1. The fraction of sp³-hybridized carbons (Fsp3) is 0.438. The van der Waals surface area contributed by atoms with Gasteiger partial charge in [-0.15, -0.1) is 0 Å². The van der Waals surface area contributed by atoms with Crippen molar-refractivity contribution < 1.29 is 53.8 Å². The lowest BCUT2D eigenvalue weighted by atomic mass is 9.89. The van der Waals surface area contributed by atoms with Crippen molar-refractivity contribution in [2.45, 2.75) is 43.8 Å². The molecule has 1 aliphatic heterocycles. The van der Waals surface area contributed by atoms with Crippen molar-refractivity contribution in [2.24, 2.45) is 0 Å². The second-order valence-electron chi connectivity index (χ2n) is 6.49. The average molecular weight is 454 g/mol. The molecule has 0 saturated heterocycles. The minimum absolute atomic E-state index is 0.241. The standard InChI is InChI=1S/C16H12F10N2O2/c1-6-3-9-10(4-7(6)2)28-13(30,14(19,20)16(24,25)26)8(5-27-9)11(29)12(17,18)15(21,22)23/h3-5,27-28,30H,1-2H3. The number of fused-ring (bicyclic) bond motifs is 1. The van der Waals surface area contributed by atoms with E-state index in [9.17, 15) is 53.8 Å². The molecule has 30 heavy (non-hydrogen) atoms. The molecule has 1 unspecified atom stereocenters. The van der Waals surface area contributed by atoms with Gasteiger partial charge < -0.3 is 15.7 Å². The van der Waals surface area contributed by atoms with Crippen LogP contribution in [0.3, 0.4) is 0 Å². The van der Waals surface area contributed by atoms with E-state index in [2.05, 4.69) is 0 Å². The van der Waals surface area contributed by atoms with Crippen LogP contribution in [0.25, 0.3) is 0 Å². The monoisotopic (exact) mass is 454 g/mol. The zero-order valence-corrected chi connectivity index (χ0v) is 14.9. The van der Waals surface area contributed by atoms with Gasteiger partial charge in [-0.05, 0) is 37.1 Å². The van der Waals surface area contributed by atoms with Crippen molar-refractivity contribution in [3.05, 3.63) is 35.0 Å². The summed E-state index contributed by atoms with van der Waals surface area (Å²) in [6, 6.07) is 2.05. The van der Waals surface area contributed by atoms with E-state index < -0.39 is 47.0 Å². The molecule has 0 fully saturated rings. The number of halogens is 10. The summed E-state index contributed by atoms with van der Waals surface area (Å²) in [5.74, 6) is -16.2. The molecule has 0 radical (unpaired) electrons. The number of carbonyl (C=O) groups excluding carboxylic acids is 1. The third-order valence-electron chi connectivity index (χ3n) is 4.41. The lowest BCUT2D eigenvalue weighted by Crippen LogP contribution is -2.65. The van der Waals surface area contributed by atoms with Gasteiger partial charge in [0.05, 0.1) is 16.9 Å². The van der Waals surface area contributed by atoms with Crippen molar-refractivity contribution in [1.82, 2.24) is 0 Å². The van der Waals surface area contributed by atoms with E-state index in [4.69, 9.17) is 0 Å². The number of aryl methyl sites for hydroxylation is 2. The van der Waals surface area contributed by atoms with Crippen LogP contribution in [0.1, 0.15) is 11.1 Å². The number of ketones is 1. The van der Waals surface area contributed by atoms with Crippen molar-refractivity contribution in [2.75, 3.05) is 10.6 Å². The first-order valence-electron chi connectivity index (χ1n) is 7.80. The van der Waals surface area contributed by atoms with Crippen LogP contribution in [0.4, 0.5) is 55.3 Å². The predicted octanol–water partition coefficient (Wildman–Crippen LogP) is 4.68. The minimum Gasteiger partial charge on any atom is -0.362 e. The van der Waals surface area contributed by atoms with E-state index in [-0.39, 0.29) is 17.5 Å². The Morgan fingerprint density at radius 1 is 0.867 bits per heavy atom. The van der Waals surface area contributed by atoms with Crippen LogP contribution in [0.15, 0.2) is 23.9 Å². The van der Waals surface area contributed by atoms with Gasteiger partial charge in [0.25, 0.3) is 0 Å². The Morgan fingerprint density at radius 2 is 1.33 bits per heavy atom. The van der Waals surface area contributed by atoms with Gasteiger partial charge in [-0.3, -0.25) is 4.79 Å². The van der Waals surface area contributed by atoms with E-state index in [0.29, 0.717) is 5.56 Å². The number of carbonyl (C=O) groups is 1. The Hall–Kier alpha value is -2.51. The number of nitrogens with one attached hydrogen (secondary N) is 2. The molecular formula is C16H12F10N2O2. The van der Waals surface area contributed by atoms with Gasteiger partial charge in [-0.1, -0.05) is 0 Å². The van der Waals surface area contributed by atoms with Crippen LogP contribution in [0.5, 0.6) is 0 Å². The highest BCUT2D eigenvalue weighted by Crippen LogP contribution is 2.51. The van der Waals surface area contributed by atoms with Crippen LogP contribution < -0.4 is 10.6 Å². The van der Waals surface area contributed by atoms with Crippen molar-refractivity contribution in [3.63, 3.8) is 0 Å². The zero-order chi connectivity index (χ0) is 23.5. The molecule has 1 aliphatic rings. The van der Waals surface area contributed by atoms with Gasteiger partial charge in [0, 0.05) is 6.20 Å². The van der Waals surface area contributed by atoms with Gasteiger partial charge in [-0.25, -0.2) is 0 Å². The van der Waals surface area contributed by atoms with Crippen molar-refractivity contribution in [1.29, 1.82) is 0 Å². The summed E-state index contributed by atoms with van der Waals surface area (Å²) in [4.78, 5) is 11.8. The molecule has 0 aliphatic carbocycles. The number of hydrogen-bond acceptors (Lipinski definition) is 4. The molecule has 2 rings (SSSR count). The smallest absolute Gasteiger partial charge is 0.362 e. The number of hydrogen-bond donors (Lipinski definition) is 3. The third kappa shape index (κ3) is 3.46. The highest BCUT2D eigenvalue weighted by Gasteiger charge is 2.75. The normalized spacial score (nSPS) is 20.5. The zero-order valence-electron chi connectivity index (χ0n) is 14.9. The maximum atomic E-state index is 14.2. The third-order valence-corrected chi connectivity index (χ3v) is 4.41. The topological polar surface area (TPSA) is 61.4 Å². The second kappa shape index (κ2) is 6.75. The summed E-state index contributed by atoms with van der Waals surface area (Å²) in [6.07, 6.45) is -13.5. The van der Waals surface area contributed by atoms with Crippen LogP contribution in [0, 0.1) is 13.8 Å². The molecule has 1 aromatic carbocycles. The number of anilines is 2. The Bertz CT molecular complexity index is 905. The van der Waals surface area contributed by atoms with E-state index in [0.717, 1.165) is 12.1 Å². The lowest BCUT2D eigenvalue weighted by Gasteiger charge is -2.38. The highest BCUT2D eigenvalue weighted by atomic mass is 19.4. The van der Waals surface area contributed by atoms with Crippen molar-refractivity contribution in [3.8, 4) is 0 Å². The largest absolute Gasteiger partial charge is 0.461 e. The molecule has 0 spiro atoms. The SMILES string of the molecule is Cc1cc2c(cc1C)NC(O)(C(F)(F)C(F)(F)F)C(C(=O)C(F)(F)C(F)(F)F)=CN2. The maximum absolute atomic E-state index is 14.2. The van der Waals surface area contributed by atoms with E-state index >= 15 is 0 Å². The first kappa shape index (κ1) is 23.8. The molecule has 14 heteroatoms. The fourth-order valence-electron chi connectivity index (χ4n) is 2.54. The highest BCUT2D eigenvalue weighted by molar-refractivity contribution is 6.04. The minimum atomic E-state index is -6.65. The number of benzene rings is 1. The molecule has 0 amide bonds. The van der Waals surface area contributed by atoms with Crippen LogP contribution in [-0.2, 0) is 4.79 Å².